The zero-order valence-corrected chi connectivity index (χ0v) is 24.8. The van der Waals surface area contributed by atoms with E-state index in [4.69, 9.17) is 16.3 Å². The number of halogens is 4. The summed E-state index contributed by atoms with van der Waals surface area (Å²) in [6.45, 7) is 0.620. The smallest absolute Gasteiger partial charge is 0.422 e. The highest BCUT2D eigenvalue weighted by atomic mass is 35.5. The lowest BCUT2D eigenvalue weighted by atomic mass is 10.1. The highest BCUT2D eigenvalue weighted by molar-refractivity contribution is 7.92. The normalized spacial score (nSPS) is 16.7. The molecule has 3 aromatic rings. The number of aromatic nitrogens is 3. The summed E-state index contributed by atoms with van der Waals surface area (Å²) >= 11 is 6.01. The molecule has 0 unspecified atom stereocenters. The Bertz CT molecular complexity index is 1540. The molecular formula is C29H31ClF3N5O4S. The standard InChI is InChI=1S/C29H31ClF3N5O4S/c30-23-9-7-22(8-10-23)28(11-12-28)37-26-34-25(35-27(36-26)42-19-29(31,32)33)17-20-3-5-21(6-4-20)24(39)18-43(40,41)16-15-38-13-1-2-14-38/h3-10H,1-2,11-19H2,(H,34,35,36,37). The van der Waals surface area contributed by atoms with Gasteiger partial charge in [0.15, 0.2) is 22.2 Å². The molecule has 0 bridgehead atoms. The summed E-state index contributed by atoms with van der Waals surface area (Å²) in [6, 6.07) is 13.1. The Morgan fingerprint density at radius 3 is 2.30 bits per heavy atom. The molecule has 1 saturated heterocycles. The molecule has 2 fully saturated rings. The van der Waals surface area contributed by atoms with Crippen LogP contribution in [0.1, 0.15) is 53.0 Å². The van der Waals surface area contributed by atoms with Crippen LogP contribution in [-0.2, 0) is 21.8 Å². The Morgan fingerprint density at radius 2 is 1.67 bits per heavy atom. The minimum atomic E-state index is -4.58. The predicted molar refractivity (Wildman–Crippen MR) is 155 cm³/mol. The Labute approximate surface area is 252 Å². The number of sulfone groups is 1. The average Bonchev–Trinajstić information content (AvgIpc) is 3.52. The molecule has 9 nitrogen and oxygen atoms in total. The average molecular weight is 638 g/mol. The summed E-state index contributed by atoms with van der Waals surface area (Å²) in [5.74, 6) is -0.909. The van der Waals surface area contributed by atoms with Crippen molar-refractivity contribution in [1.82, 2.24) is 19.9 Å². The molecule has 1 N–H and O–H groups in total. The Balaban J connectivity index is 1.27. The van der Waals surface area contributed by atoms with E-state index in [0.29, 0.717) is 17.1 Å². The number of anilines is 1. The van der Waals surface area contributed by atoms with Crippen molar-refractivity contribution in [3.63, 3.8) is 0 Å². The lowest BCUT2D eigenvalue weighted by molar-refractivity contribution is -0.154. The first-order chi connectivity index (χ1) is 20.4. The number of carbonyl (C=O) groups is 1. The van der Waals surface area contributed by atoms with E-state index in [-0.39, 0.29) is 29.5 Å². The van der Waals surface area contributed by atoms with Gasteiger partial charge in [0.25, 0.3) is 0 Å². The quantitative estimate of drug-likeness (QED) is 0.263. The molecule has 1 aliphatic carbocycles. The van der Waals surface area contributed by atoms with Crippen LogP contribution >= 0.6 is 11.6 Å². The Hall–Kier alpha value is -3.29. The number of rotatable bonds is 13. The van der Waals surface area contributed by atoms with Crippen LogP contribution in [-0.4, -0.2) is 78.0 Å². The molecule has 0 amide bonds. The summed E-state index contributed by atoms with van der Waals surface area (Å²) in [7, 11) is -3.56. The molecule has 1 aromatic heterocycles. The summed E-state index contributed by atoms with van der Waals surface area (Å²) in [5, 5.41) is 3.81. The number of ketones is 1. The molecule has 0 atom stereocenters. The van der Waals surface area contributed by atoms with Gasteiger partial charge in [-0.25, -0.2) is 8.42 Å². The van der Waals surface area contributed by atoms with Crippen molar-refractivity contribution in [1.29, 1.82) is 0 Å². The van der Waals surface area contributed by atoms with Crippen LogP contribution in [0.15, 0.2) is 48.5 Å². The summed E-state index contributed by atoms with van der Waals surface area (Å²) in [6.07, 6.45) is -0.837. The van der Waals surface area contributed by atoms with Crippen LogP contribution in [0.2, 0.25) is 5.02 Å². The van der Waals surface area contributed by atoms with Crippen molar-refractivity contribution in [2.45, 2.75) is 43.8 Å². The number of Topliss-reactive ketones (excluding diaryl/α,β-unsaturated/α-hetero) is 1. The van der Waals surface area contributed by atoms with E-state index in [1.807, 2.05) is 12.1 Å². The molecule has 1 aliphatic heterocycles. The number of hydrogen-bond donors (Lipinski definition) is 1. The van der Waals surface area contributed by atoms with Gasteiger partial charge in [-0.2, -0.15) is 28.1 Å². The first-order valence-electron chi connectivity index (χ1n) is 13.9. The minimum Gasteiger partial charge on any atom is -0.454 e. The molecule has 0 spiro atoms. The Kier molecular flexibility index (Phi) is 9.23. The molecule has 0 radical (unpaired) electrons. The third kappa shape index (κ3) is 8.87. The van der Waals surface area contributed by atoms with Crippen LogP contribution in [0, 0.1) is 0 Å². The van der Waals surface area contributed by atoms with Gasteiger partial charge in [-0.05, 0) is 62.0 Å². The molecule has 5 rings (SSSR count). The van der Waals surface area contributed by atoms with E-state index in [2.05, 4.69) is 25.2 Å². The van der Waals surface area contributed by atoms with E-state index in [0.717, 1.165) is 44.3 Å². The molecule has 2 heterocycles. The fourth-order valence-electron chi connectivity index (χ4n) is 4.96. The van der Waals surface area contributed by atoms with Crippen molar-refractivity contribution in [3.05, 3.63) is 76.1 Å². The van der Waals surface area contributed by atoms with Crippen molar-refractivity contribution < 1.29 is 31.1 Å². The van der Waals surface area contributed by atoms with Gasteiger partial charge >= 0.3 is 12.2 Å². The number of likely N-dealkylation sites (tertiary alicyclic amines) is 1. The molecule has 2 aromatic carbocycles. The Morgan fingerprint density at radius 1 is 1.00 bits per heavy atom. The van der Waals surface area contributed by atoms with E-state index >= 15 is 0 Å². The number of nitrogens with zero attached hydrogens (tertiary/aromatic N) is 4. The largest absolute Gasteiger partial charge is 0.454 e. The van der Waals surface area contributed by atoms with Crippen LogP contribution in [0.3, 0.4) is 0 Å². The highest BCUT2D eigenvalue weighted by Gasteiger charge is 2.45. The fourth-order valence-corrected chi connectivity index (χ4v) is 6.33. The first-order valence-corrected chi connectivity index (χ1v) is 16.1. The monoisotopic (exact) mass is 637 g/mol. The first kappa shape index (κ1) is 31.1. The lowest BCUT2D eigenvalue weighted by Crippen LogP contribution is -2.29. The van der Waals surface area contributed by atoms with Crippen LogP contribution in [0.25, 0.3) is 0 Å². The number of benzene rings is 2. The summed E-state index contributed by atoms with van der Waals surface area (Å²) in [5.41, 5.74) is 1.36. The highest BCUT2D eigenvalue weighted by Crippen LogP contribution is 2.48. The van der Waals surface area contributed by atoms with Gasteiger partial charge in [-0.1, -0.05) is 48.0 Å². The number of alkyl halides is 3. The second-order valence-corrected chi connectivity index (χ2v) is 13.5. The van der Waals surface area contributed by atoms with Crippen LogP contribution < -0.4 is 10.1 Å². The molecule has 14 heteroatoms. The van der Waals surface area contributed by atoms with Gasteiger partial charge in [0.1, 0.15) is 11.6 Å². The second-order valence-electron chi connectivity index (χ2n) is 10.9. The summed E-state index contributed by atoms with van der Waals surface area (Å²) in [4.78, 5) is 27.4. The van der Waals surface area contributed by atoms with E-state index in [9.17, 15) is 26.4 Å². The maximum Gasteiger partial charge on any atom is 0.422 e. The van der Waals surface area contributed by atoms with Crippen molar-refractivity contribution in [2.24, 2.45) is 0 Å². The zero-order chi connectivity index (χ0) is 30.7. The number of carbonyl (C=O) groups excluding carboxylic acids is 1. The van der Waals surface area contributed by atoms with Gasteiger partial charge < -0.3 is 15.0 Å². The van der Waals surface area contributed by atoms with Gasteiger partial charge in [0.2, 0.25) is 5.95 Å². The molecular weight excluding hydrogens is 607 g/mol. The summed E-state index contributed by atoms with van der Waals surface area (Å²) < 4.78 is 68.4. The number of ether oxygens (including phenoxy) is 1. The fraction of sp³-hybridized carbons (Fsp3) is 0.448. The molecule has 2 aliphatic rings. The second kappa shape index (κ2) is 12.7. The molecule has 43 heavy (non-hydrogen) atoms. The van der Waals surface area contributed by atoms with Crippen molar-refractivity contribution in [3.8, 4) is 6.01 Å². The van der Waals surface area contributed by atoms with Crippen LogP contribution in [0.5, 0.6) is 6.01 Å². The molecule has 1 saturated carbocycles. The van der Waals surface area contributed by atoms with Gasteiger partial charge in [0.05, 0.1) is 11.3 Å². The maximum absolute atomic E-state index is 12.9. The van der Waals surface area contributed by atoms with E-state index < -0.39 is 45.7 Å². The van der Waals surface area contributed by atoms with Gasteiger partial charge in [-0.3, -0.25) is 4.79 Å². The number of hydrogen-bond acceptors (Lipinski definition) is 9. The SMILES string of the molecule is O=C(CS(=O)(=O)CCN1CCCC1)c1ccc(Cc2nc(NC3(c4ccc(Cl)cc4)CC3)nc(OCC(F)(F)F)n2)cc1. The van der Waals surface area contributed by atoms with E-state index in [1.165, 1.54) is 12.1 Å². The minimum absolute atomic E-state index is 0.0649. The van der Waals surface area contributed by atoms with Crippen molar-refractivity contribution in [2.75, 3.05) is 43.1 Å². The van der Waals surface area contributed by atoms with Crippen molar-refractivity contribution >= 4 is 33.2 Å². The maximum atomic E-state index is 12.9. The molecule has 230 valence electrons. The van der Waals surface area contributed by atoms with Gasteiger partial charge in [0, 0.05) is 23.6 Å². The third-order valence-corrected chi connectivity index (χ3v) is 9.19. The predicted octanol–water partition coefficient (Wildman–Crippen LogP) is 4.85. The van der Waals surface area contributed by atoms with Gasteiger partial charge in [-0.15, -0.1) is 0 Å². The van der Waals surface area contributed by atoms with Crippen LogP contribution in [0.4, 0.5) is 19.1 Å². The lowest BCUT2D eigenvalue weighted by Gasteiger charge is -2.19. The number of nitrogens with one attached hydrogen (secondary N) is 1. The topological polar surface area (TPSA) is 114 Å². The van der Waals surface area contributed by atoms with E-state index in [1.54, 1.807) is 24.3 Å². The third-order valence-electron chi connectivity index (χ3n) is 7.43. The zero-order valence-electron chi connectivity index (χ0n) is 23.2.